The lowest BCUT2D eigenvalue weighted by molar-refractivity contribution is -0.385. The topological polar surface area (TPSA) is 80.5 Å². The predicted octanol–water partition coefficient (Wildman–Crippen LogP) is 2.48. The lowest BCUT2D eigenvalue weighted by Crippen LogP contribution is -2.40. The van der Waals surface area contributed by atoms with Crippen molar-refractivity contribution in [2.24, 2.45) is 0 Å². The van der Waals surface area contributed by atoms with Crippen molar-refractivity contribution in [2.75, 3.05) is 38.2 Å². The average Bonchev–Trinajstić information content (AvgIpc) is 2.63. The van der Waals surface area contributed by atoms with Crippen LogP contribution in [0.5, 0.6) is 0 Å². The van der Waals surface area contributed by atoms with Crippen molar-refractivity contribution < 1.29 is 9.66 Å². The Balaban J connectivity index is 1.75. The number of aromatic nitrogens is 1. The van der Waals surface area contributed by atoms with E-state index in [2.05, 4.69) is 27.3 Å². The summed E-state index contributed by atoms with van der Waals surface area (Å²) in [5.41, 5.74) is 1.15. The number of morpholine rings is 1. The molecule has 1 aliphatic heterocycles. The molecule has 0 amide bonds. The fourth-order valence-electron chi connectivity index (χ4n) is 2.72. The van der Waals surface area contributed by atoms with E-state index in [1.807, 2.05) is 18.2 Å². The summed E-state index contributed by atoms with van der Waals surface area (Å²) in [6.45, 7) is 4.12. The van der Waals surface area contributed by atoms with E-state index in [1.54, 1.807) is 6.07 Å². The van der Waals surface area contributed by atoms with Gasteiger partial charge >= 0.3 is 0 Å². The number of benzene rings is 1. The number of ether oxygens (including phenoxy) is 1. The third kappa shape index (κ3) is 4.27. The molecule has 0 aliphatic carbocycles. The molecule has 1 aromatic carbocycles. The van der Waals surface area contributed by atoms with Gasteiger partial charge in [0.1, 0.15) is 12.0 Å². The molecule has 2 heterocycles. The number of nitro groups is 1. The maximum absolute atomic E-state index is 10.7. The Morgan fingerprint density at radius 1 is 1.21 bits per heavy atom. The second-order valence-electron chi connectivity index (χ2n) is 5.68. The molecule has 24 heavy (non-hydrogen) atoms. The molecule has 1 saturated heterocycles. The van der Waals surface area contributed by atoms with Gasteiger partial charge in [-0.3, -0.25) is 15.0 Å². The summed E-state index contributed by atoms with van der Waals surface area (Å²) >= 11 is 0. The molecular weight excluding hydrogens is 308 g/mol. The van der Waals surface area contributed by atoms with Gasteiger partial charge in [0.05, 0.1) is 24.2 Å². The van der Waals surface area contributed by atoms with Crippen molar-refractivity contribution in [1.82, 2.24) is 9.88 Å². The minimum absolute atomic E-state index is 0.00927. The molecule has 0 radical (unpaired) electrons. The highest BCUT2D eigenvalue weighted by atomic mass is 16.6. The molecule has 1 aliphatic rings. The zero-order valence-corrected chi connectivity index (χ0v) is 13.3. The van der Waals surface area contributed by atoms with Gasteiger partial charge in [-0.15, -0.1) is 0 Å². The lowest BCUT2D eigenvalue weighted by Gasteiger charge is -2.31. The summed E-state index contributed by atoms with van der Waals surface area (Å²) in [7, 11) is 0. The molecule has 3 rings (SSSR count). The fourth-order valence-corrected chi connectivity index (χ4v) is 2.72. The van der Waals surface area contributed by atoms with Gasteiger partial charge < -0.3 is 10.1 Å². The highest BCUT2D eigenvalue weighted by Gasteiger charge is 2.19. The number of pyridine rings is 1. The Bertz CT molecular complexity index is 657. The number of hydrogen-bond donors (Lipinski definition) is 1. The van der Waals surface area contributed by atoms with Crippen molar-refractivity contribution in [2.45, 2.75) is 6.04 Å². The van der Waals surface area contributed by atoms with Gasteiger partial charge in [0, 0.05) is 25.7 Å². The molecule has 1 fully saturated rings. The van der Waals surface area contributed by atoms with E-state index in [9.17, 15) is 10.1 Å². The van der Waals surface area contributed by atoms with E-state index in [0.29, 0.717) is 5.82 Å². The van der Waals surface area contributed by atoms with E-state index in [1.165, 1.54) is 12.3 Å². The smallest absolute Gasteiger partial charge is 0.287 e. The second kappa shape index (κ2) is 7.85. The first-order chi connectivity index (χ1) is 11.7. The summed E-state index contributed by atoms with van der Waals surface area (Å²) in [6, 6.07) is 13.3. The van der Waals surface area contributed by atoms with Crippen LogP contribution in [0.4, 0.5) is 11.5 Å². The first-order valence-corrected chi connectivity index (χ1v) is 7.94. The molecule has 1 unspecified atom stereocenters. The minimum atomic E-state index is -0.445. The van der Waals surface area contributed by atoms with E-state index in [0.717, 1.165) is 38.4 Å². The van der Waals surface area contributed by atoms with Crippen LogP contribution in [-0.4, -0.2) is 47.7 Å². The number of rotatable bonds is 6. The molecular formula is C17H20N4O3. The normalized spacial score (nSPS) is 16.5. The number of nitrogens with one attached hydrogen (secondary N) is 1. The van der Waals surface area contributed by atoms with E-state index < -0.39 is 4.92 Å². The molecule has 1 N–H and O–H groups in total. The molecule has 1 aromatic heterocycles. The van der Waals surface area contributed by atoms with Gasteiger partial charge in [-0.1, -0.05) is 30.3 Å². The van der Waals surface area contributed by atoms with Gasteiger partial charge in [0.25, 0.3) is 5.69 Å². The monoisotopic (exact) mass is 328 g/mol. The second-order valence-corrected chi connectivity index (χ2v) is 5.68. The standard InChI is InChI=1S/C17H20N4O3/c22-21(23)15-6-7-17(18-12-15)19-16(14-4-2-1-3-5-14)13-20-8-10-24-11-9-20/h1-7,12,16H,8-11,13H2,(H,18,19). The minimum Gasteiger partial charge on any atom is -0.379 e. The van der Waals surface area contributed by atoms with Crippen molar-refractivity contribution in [3.8, 4) is 0 Å². The lowest BCUT2D eigenvalue weighted by atomic mass is 10.1. The molecule has 0 spiro atoms. The van der Waals surface area contributed by atoms with Gasteiger partial charge in [-0.2, -0.15) is 0 Å². The summed E-state index contributed by atoms with van der Waals surface area (Å²) in [4.78, 5) is 16.8. The van der Waals surface area contributed by atoms with Crippen LogP contribution in [0.1, 0.15) is 11.6 Å². The first kappa shape index (κ1) is 16.4. The Labute approximate surface area is 140 Å². The number of hydrogen-bond acceptors (Lipinski definition) is 6. The molecule has 7 heteroatoms. The third-order valence-corrected chi connectivity index (χ3v) is 4.03. The van der Waals surface area contributed by atoms with Crippen LogP contribution < -0.4 is 5.32 Å². The zero-order valence-electron chi connectivity index (χ0n) is 13.3. The van der Waals surface area contributed by atoms with Gasteiger partial charge in [-0.05, 0) is 11.6 Å². The van der Waals surface area contributed by atoms with Crippen LogP contribution in [-0.2, 0) is 4.74 Å². The molecule has 0 bridgehead atoms. The Hall–Kier alpha value is -2.51. The molecule has 0 saturated carbocycles. The predicted molar refractivity (Wildman–Crippen MR) is 91.0 cm³/mol. The number of anilines is 1. The van der Waals surface area contributed by atoms with Crippen molar-refractivity contribution in [3.63, 3.8) is 0 Å². The summed E-state index contributed by atoms with van der Waals surface area (Å²) < 4.78 is 5.40. The van der Waals surface area contributed by atoms with Gasteiger partial charge in [0.2, 0.25) is 0 Å². The van der Waals surface area contributed by atoms with Crippen LogP contribution in [0.25, 0.3) is 0 Å². The van der Waals surface area contributed by atoms with Crippen LogP contribution >= 0.6 is 0 Å². The number of nitrogens with zero attached hydrogens (tertiary/aromatic N) is 3. The Morgan fingerprint density at radius 3 is 2.58 bits per heavy atom. The van der Waals surface area contributed by atoms with Gasteiger partial charge in [-0.25, -0.2) is 4.98 Å². The van der Waals surface area contributed by atoms with E-state index >= 15 is 0 Å². The maximum Gasteiger partial charge on any atom is 0.287 e. The fraction of sp³-hybridized carbons (Fsp3) is 0.353. The van der Waals surface area contributed by atoms with Gasteiger partial charge in [0.15, 0.2) is 0 Å². The van der Waals surface area contributed by atoms with Crippen LogP contribution in [0.15, 0.2) is 48.7 Å². The van der Waals surface area contributed by atoms with Crippen molar-refractivity contribution >= 4 is 11.5 Å². The van der Waals surface area contributed by atoms with Crippen molar-refractivity contribution in [3.05, 3.63) is 64.3 Å². The average molecular weight is 328 g/mol. The first-order valence-electron chi connectivity index (χ1n) is 7.94. The summed E-state index contributed by atoms with van der Waals surface area (Å²) in [5.74, 6) is 0.628. The Kier molecular flexibility index (Phi) is 5.35. The molecule has 2 aromatic rings. The van der Waals surface area contributed by atoms with Crippen LogP contribution in [0, 0.1) is 10.1 Å². The SMILES string of the molecule is O=[N+]([O-])c1ccc(NC(CN2CCOCC2)c2ccccc2)nc1. The third-order valence-electron chi connectivity index (χ3n) is 4.03. The van der Waals surface area contributed by atoms with E-state index in [4.69, 9.17) is 4.74 Å². The van der Waals surface area contributed by atoms with E-state index in [-0.39, 0.29) is 11.7 Å². The van der Waals surface area contributed by atoms with Crippen LogP contribution in [0.3, 0.4) is 0 Å². The zero-order chi connectivity index (χ0) is 16.8. The maximum atomic E-state index is 10.7. The quantitative estimate of drug-likeness (QED) is 0.648. The largest absolute Gasteiger partial charge is 0.379 e. The highest BCUT2D eigenvalue weighted by Crippen LogP contribution is 2.21. The van der Waals surface area contributed by atoms with Crippen LogP contribution in [0.2, 0.25) is 0 Å². The summed E-state index contributed by atoms with van der Waals surface area (Å²) in [5, 5.41) is 14.1. The molecule has 126 valence electrons. The molecule has 7 nitrogen and oxygen atoms in total. The molecule has 1 atom stereocenters. The summed E-state index contributed by atoms with van der Waals surface area (Å²) in [6.07, 6.45) is 1.28. The van der Waals surface area contributed by atoms with Crippen molar-refractivity contribution in [1.29, 1.82) is 0 Å². The Morgan fingerprint density at radius 2 is 1.96 bits per heavy atom. The highest BCUT2D eigenvalue weighted by molar-refractivity contribution is 5.42.